The van der Waals surface area contributed by atoms with Gasteiger partial charge in [-0.3, -0.25) is 0 Å². The summed E-state index contributed by atoms with van der Waals surface area (Å²) in [6, 6.07) is 2.09. The van der Waals surface area contributed by atoms with Crippen molar-refractivity contribution in [2.45, 2.75) is 38.0 Å². The van der Waals surface area contributed by atoms with E-state index < -0.39 is 0 Å². The molecule has 1 N–H and O–H groups in total. The third-order valence-corrected chi connectivity index (χ3v) is 3.63. The molecule has 2 heterocycles. The molecule has 0 radical (unpaired) electrons. The van der Waals surface area contributed by atoms with Crippen LogP contribution in [-0.2, 0) is 6.42 Å². The zero-order valence-electron chi connectivity index (χ0n) is 9.65. The molecule has 3 nitrogen and oxygen atoms in total. The SMILES string of the molecule is c1cc(CC2CCNCC2)nc(C2CC2)n1. The standard InChI is InChI=1S/C13H19N3/c1-2-11(1)13-15-8-5-12(16-13)9-10-3-6-14-7-4-10/h5,8,10-11,14H,1-4,6-7,9H2. The van der Waals surface area contributed by atoms with Gasteiger partial charge in [-0.25, -0.2) is 9.97 Å². The summed E-state index contributed by atoms with van der Waals surface area (Å²) >= 11 is 0. The van der Waals surface area contributed by atoms with Crippen molar-refractivity contribution in [3.63, 3.8) is 0 Å². The maximum Gasteiger partial charge on any atom is 0.131 e. The number of rotatable bonds is 3. The number of piperidine rings is 1. The van der Waals surface area contributed by atoms with E-state index in [0.29, 0.717) is 5.92 Å². The van der Waals surface area contributed by atoms with Crippen LogP contribution in [0.3, 0.4) is 0 Å². The molecule has 0 bridgehead atoms. The molecular formula is C13H19N3. The molecule has 0 unspecified atom stereocenters. The Morgan fingerprint density at radius 3 is 2.75 bits per heavy atom. The largest absolute Gasteiger partial charge is 0.317 e. The lowest BCUT2D eigenvalue weighted by molar-refractivity contribution is 0.369. The first-order valence-corrected chi connectivity index (χ1v) is 6.44. The molecule has 86 valence electrons. The van der Waals surface area contributed by atoms with Gasteiger partial charge < -0.3 is 5.32 Å². The van der Waals surface area contributed by atoms with Crippen LogP contribution in [0.1, 0.15) is 43.1 Å². The number of hydrogen-bond donors (Lipinski definition) is 1. The van der Waals surface area contributed by atoms with Crippen molar-refractivity contribution in [2.24, 2.45) is 5.92 Å². The first-order valence-electron chi connectivity index (χ1n) is 6.44. The Bertz CT molecular complexity index is 354. The van der Waals surface area contributed by atoms with Crippen LogP contribution in [0.4, 0.5) is 0 Å². The van der Waals surface area contributed by atoms with Crippen LogP contribution >= 0.6 is 0 Å². The molecule has 3 heteroatoms. The van der Waals surface area contributed by atoms with Gasteiger partial charge in [0.1, 0.15) is 5.82 Å². The predicted molar refractivity (Wildman–Crippen MR) is 63.3 cm³/mol. The maximum absolute atomic E-state index is 4.70. The highest BCUT2D eigenvalue weighted by Gasteiger charge is 2.26. The highest BCUT2D eigenvalue weighted by atomic mass is 14.9. The number of aromatic nitrogens is 2. The van der Waals surface area contributed by atoms with Gasteiger partial charge in [-0.05, 0) is 57.2 Å². The Morgan fingerprint density at radius 1 is 1.19 bits per heavy atom. The molecule has 1 saturated carbocycles. The lowest BCUT2D eigenvalue weighted by atomic mass is 9.93. The average Bonchev–Trinajstić information content (AvgIpc) is 3.15. The van der Waals surface area contributed by atoms with Gasteiger partial charge in [0.25, 0.3) is 0 Å². The van der Waals surface area contributed by atoms with E-state index in [0.717, 1.165) is 18.2 Å². The number of hydrogen-bond acceptors (Lipinski definition) is 3. The monoisotopic (exact) mass is 217 g/mol. The van der Waals surface area contributed by atoms with Crippen LogP contribution in [0.5, 0.6) is 0 Å². The minimum atomic E-state index is 0.674. The van der Waals surface area contributed by atoms with Crippen molar-refractivity contribution < 1.29 is 0 Å². The zero-order chi connectivity index (χ0) is 10.8. The zero-order valence-corrected chi connectivity index (χ0v) is 9.65. The van der Waals surface area contributed by atoms with Crippen LogP contribution < -0.4 is 5.32 Å². The molecule has 0 amide bonds. The van der Waals surface area contributed by atoms with Crippen LogP contribution in [0, 0.1) is 5.92 Å². The molecule has 1 aromatic rings. The molecule has 2 fully saturated rings. The van der Waals surface area contributed by atoms with E-state index in [2.05, 4.69) is 16.4 Å². The fourth-order valence-electron chi connectivity index (χ4n) is 2.45. The van der Waals surface area contributed by atoms with E-state index >= 15 is 0 Å². The Hall–Kier alpha value is -0.960. The molecule has 1 aromatic heterocycles. The first-order chi connectivity index (χ1) is 7.92. The van der Waals surface area contributed by atoms with Crippen molar-refractivity contribution >= 4 is 0 Å². The van der Waals surface area contributed by atoms with Crippen LogP contribution in [-0.4, -0.2) is 23.1 Å². The Morgan fingerprint density at radius 2 is 2.00 bits per heavy atom. The van der Waals surface area contributed by atoms with Gasteiger partial charge in [-0.2, -0.15) is 0 Å². The minimum absolute atomic E-state index is 0.674. The third kappa shape index (κ3) is 2.40. The van der Waals surface area contributed by atoms with E-state index in [1.807, 2.05) is 6.20 Å². The highest BCUT2D eigenvalue weighted by molar-refractivity contribution is 5.10. The lowest BCUT2D eigenvalue weighted by Gasteiger charge is -2.22. The number of nitrogens with one attached hydrogen (secondary N) is 1. The fraction of sp³-hybridized carbons (Fsp3) is 0.692. The predicted octanol–water partition coefficient (Wildman–Crippen LogP) is 1.90. The first kappa shape index (κ1) is 10.2. The summed E-state index contributed by atoms with van der Waals surface area (Å²) in [5.74, 6) is 2.59. The van der Waals surface area contributed by atoms with E-state index in [1.165, 1.54) is 44.5 Å². The second-order valence-corrected chi connectivity index (χ2v) is 5.08. The van der Waals surface area contributed by atoms with E-state index in [-0.39, 0.29) is 0 Å². The van der Waals surface area contributed by atoms with Gasteiger partial charge in [-0.1, -0.05) is 0 Å². The summed E-state index contributed by atoms with van der Waals surface area (Å²) in [6.07, 6.45) is 8.25. The summed E-state index contributed by atoms with van der Waals surface area (Å²) in [5, 5.41) is 3.41. The second-order valence-electron chi connectivity index (χ2n) is 5.08. The van der Waals surface area contributed by atoms with Crippen LogP contribution in [0.25, 0.3) is 0 Å². The summed E-state index contributed by atoms with van der Waals surface area (Å²) in [7, 11) is 0. The van der Waals surface area contributed by atoms with E-state index in [1.54, 1.807) is 0 Å². The molecule has 1 saturated heterocycles. The minimum Gasteiger partial charge on any atom is -0.317 e. The number of nitrogens with zero attached hydrogens (tertiary/aromatic N) is 2. The molecule has 0 spiro atoms. The van der Waals surface area contributed by atoms with Crippen LogP contribution in [0.15, 0.2) is 12.3 Å². The molecule has 0 aromatic carbocycles. The van der Waals surface area contributed by atoms with Crippen molar-refractivity contribution in [3.05, 3.63) is 23.8 Å². The van der Waals surface area contributed by atoms with Gasteiger partial charge in [0.2, 0.25) is 0 Å². The maximum atomic E-state index is 4.70. The molecule has 2 aliphatic rings. The topological polar surface area (TPSA) is 37.8 Å². The third-order valence-electron chi connectivity index (χ3n) is 3.63. The van der Waals surface area contributed by atoms with Gasteiger partial charge in [0.05, 0.1) is 0 Å². The summed E-state index contributed by atoms with van der Waals surface area (Å²) in [4.78, 5) is 9.07. The smallest absolute Gasteiger partial charge is 0.131 e. The quantitative estimate of drug-likeness (QED) is 0.840. The van der Waals surface area contributed by atoms with E-state index in [9.17, 15) is 0 Å². The van der Waals surface area contributed by atoms with Gasteiger partial charge in [-0.15, -0.1) is 0 Å². The average molecular weight is 217 g/mol. The summed E-state index contributed by atoms with van der Waals surface area (Å²) in [5.41, 5.74) is 1.25. The van der Waals surface area contributed by atoms with E-state index in [4.69, 9.17) is 4.98 Å². The van der Waals surface area contributed by atoms with Crippen LogP contribution in [0.2, 0.25) is 0 Å². The van der Waals surface area contributed by atoms with Crippen molar-refractivity contribution in [1.29, 1.82) is 0 Å². The van der Waals surface area contributed by atoms with Gasteiger partial charge in [0.15, 0.2) is 0 Å². The summed E-state index contributed by atoms with van der Waals surface area (Å²) < 4.78 is 0. The Labute approximate surface area is 96.7 Å². The van der Waals surface area contributed by atoms with Crippen molar-refractivity contribution in [2.75, 3.05) is 13.1 Å². The molecule has 0 atom stereocenters. The lowest BCUT2D eigenvalue weighted by Crippen LogP contribution is -2.28. The molecule has 1 aliphatic heterocycles. The fourth-order valence-corrected chi connectivity index (χ4v) is 2.45. The van der Waals surface area contributed by atoms with Crippen molar-refractivity contribution in [3.8, 4) is 0 Å². The summed E-state index contributed by atoms with van der Waals surface area (Å²) in [6.45, 7) is 2.34. The highest BCUT2D eigenvalue weighted by Crippen LogP contribution is 2.37. The molecule has 16 heavy (non-hydrogen) atoms. The Balaban J connectivity index is 1.66. The van der Waals surface area contributed by atoms with Gasteiger partial charge in [0, 0.05) is 17.8 Å². The molecule has 1 aliphatic carbocycles. The molecule has 3 rings (SSSR count). The van der Waals surface area contributed by atoms with Gasteiger partial charge >= 0.3 is 0 Å². The second kappa shape index (κ2) is 4.50. The molecular weight excluding hydrogens is 198 g/mol. The van der Waals surface area contributed by atoms with Crippen molar-refractivity contribution in [1.82, 2.24) is 15.3 Å². The normalized spacial score (nSPS) is 22.2. The Kier molecular flexibility index (Phi) is 2.87.